The average Bonchev–Trinajstić information content (AvgIpc) is 3.51. The van der Waals surface area contributed by atoms with Crippen molar-refractivity contribution in [2.45, 2.75) is 57.2 Å². The van der Waals surface area contributed by atoms with Gasteiger partial charge in [-0.2, -0.15) is 4.98 Å². The summed E-state index contributed by atoms with van der Waals surface area (Å²) in [7, 11) is 3.81. The van der Waals surface area contributed by atoms with Crippen molar-refractivity contribution in [1.29, 1.82) is 0 Å². The maximum absolute atomic E-state index is 14.1. The molecule has 1 aromatic heterocycles. The highest BCUT2D eigenvalue weighted by Crippen LogP contribution is 2.37. The average molecular weight is 575 g/mol. The summed E-state index contributed by atoms with van der Waals surface area (Å²) in [5, 5.41) is 3.34. The van der Waals surface area contributed by atoms with Gasteiger partial charge in [0.2, 0.25) is 11.9 Å². The van der Waals surface area contributed by atoms with Crippen LogP contribution in [0.15, 0.2) is 37.1 Å². The van der Waals surface area contributed by atoms with Gasteiger partial charge in [-0.1, -0.05) is 25.8 Å². The number of hydrogen-bond donors (Lipinski definition) is 1. The number of carbonyl (C=O) groups is 2. The molecule has 0 radical (unpaired) electrons. The standard InChI is InChI=1S/C31H42N8O3/c1-4-28(40)37-13-12-25(21-37)39-29-22(20-38(31(39)41)23-8-6-5-7-9-23)19-32-30(34-29)33-26-11-10-24(18-27(26)42-3)36-16-14-35(2)15-17-36/h4,10-11,18-19,23,25H,1,5-9,12-17,20-21H2,2-3H3,(H,32,33,34). The lowest BCUT2D eigenvalue weighted by molar-refractivity contribution is -0.125. The molecular weight excluding hydrogens is 532 g/mol. The van der Waals surface area contributed by atoms with Gasteiger partial charge >= 0.3 is 6.03 Å². The molecule has 4 heterocycles. The summed E-state index contributed by atoms with van der Waals surface area (Å²) < 4.78 is 5.76. The minimum absolute atomic E-state index is 0.0222. The lowest BCUT2D eigenvalue weighted by Crippen LogP contribution is -2.56. The van der Waals surface area contributed by atoms with E-state index in [0.29, 0.717) is 43.6 Å². The molecule has 1 saturated carbocycles. The zero-order valence-electron chi connectivity index (χ0n) is 24.8. The van der Waals surface area contributed by atoms with Gasteiger partial charge in [-0.3, -0.25) is 9.69 Å². The third kappa shape index (κ3) is 5.62. The Labute approximate surface area is 248 Å². The number of nitrogens with zero attached hydrogens (tertiary/aromatic N) is 7. The van der Waals surface area contributed by atoms with Crippen LogP contribution in [0.1, 0.15) is 44.1 Å². The predicted octanol–water partition coefficient (Wildman–Crippen LogP) is 3.84. The Balaban J connectivity index is 1.28. The summed E-state index contributed by atoms with van der Waals surface area (Å²) in [6, 6.07) is 6.18. The molecule has 1 aromatic carbocycles. The molecule has 11 nitrogen and oxygen atoms in total. The minimum atomic E-state index is -0.160. The van der Waals surface area contributed by atoms with Gasteiger partial charge < -0.3 is 29.7 Å². The molecule has 1 atom stereocenters. The quantitative estimate of drug-likeness (QED) is 0.499. The van der Waals surface area contributed by atoms with Gasteiger partial charge in [0, 0.05) is 68.8 Å². The van der Waals surface area contributed by atoms with Crippen molar-refractivity contribution in [2.75, 3.05) is 68.5 Å². The number of methoxy groups -OCH3 is 1. The van der Waals surface area contributed by atoms with Crippen LogP contribution in [0.4, 0.5) is 27.9 Å². The van der Waals surface area contributed by atoms with Crippen molar-refractivity contribution in [3.63, 3.8) is 0 Å². The van der Waals surface area contributed by atoms with Crippen LogP contribution in [0, 0.1) is 0 Å². The zero-order valence-corrected chi connectivity index (χ0v) is 24.8. The number of likely N-dealkylation sites (tertiary alicyclic amines) is 1. The lowest BCUT2D eigenvalue weighted by Gasteiger charge is -2.43. The van der Waals surface area contributed by atoms with Crippen molar-refractivity contribution >= 4 is 35.1 Å². The van der Waals surface area contributed by atoms with Gasteiger partial charge in [-0.15, -0.1) is 0 Å². The van der Waals surface area contributed by atoms with Crippen molar-refractivity contribution in [3.8, 4) is 5.75 Å². The third-order valence-electron chi connectivity index (χ3n) is 9.19. The van der Waals surface area contributed by atoms with Crippen LogP contribution >= 0.6 is 0 Å². The Bertz CT molecular complexity index is 1320. The number of aromatic nitrogens is 2. The van der Waals surface area contributed by atoms with Crippen LogP contribution in [0.3, 0.4) is 0 Å². The monoisotopic (exact) mass is 574 g/mol. The first kappa shape index (κ1) is 28.3. The van der Waals surface area contributed by atoms with Gasteiger partial charge in [0.05, 0.1) is 25.4 Å². The van der Waals surface area contributed by atoms with E-state index in [4.69, 9.17) is 9.72 Å². The molecular formula is C31H42N8O3. The van der Waals surface area contributed by atoms with Gasteiger partial charge in [-0.25, -0.2) is 9.78 Å². The Morgan fingerprint density at radius 1 is 1.07 bits per heavy atom. The number of amides is 3. The van der Waals surface area contributed by atoms with Crippen LogP contribution in [-0.4, -0.2) is 102 Å². The van der Waals surface area contributed by atoms with E-state index in [1.807, 2.05) is 28.1 Å². The zero-order chi connectivity index (χ0) is 29.2. The Hall–Kier alpha value is -3.86. The van der Waals surface area contributed by atoms with Gasteiger partial charge in [-0.05, 0) is 44.5 Å². The highest BCUT2D eigenvalue weighted by atomic mass is 16.5. The second-order valence-corrected chi connectivity index (χ2v) is 11.8. The number of benzene rings is 1. The molecule has 3 fully saturated rings. The van der Waals surface area contributed by atoms with Crippen molar-refractivity contribution < 1.29 is 14.3 Å². The molecule has 1 N–H and O–H groups in total. The van der Waals surface area contributed by atoms with E-state index in [9.17, 15) is 9.59 Å². The lowest BCUT2D eigenvalue weighted by atomic mass is 9.93. The van der Waals surface area contributed by atoms with Crippen molar-refractivity contribution in [2.24, 2.45) is 0 Å². The molecule has 1 unspecified atom stereocenters. The predicted molar refractivity (Wildman–Crippen MR) is 163 cm³/mol. The second-order valence-electron chi connectivity index (χ2n) is 11.8. The Kier molecular flexibility index (Phi) is 8.19. The number of ether oxygens (including phenoxy) is 1. The van der Waals surface area contributed by atoms with Crippen molar-refractivity contribution in [1.82, 2.24) is 24.7 Å². The van der Waals surface area contributed by atoms with Gasteiger partial charge in [0.1, 0.15) is 11.6 Å². The fourth-order valence-corrected chi connectivity index (χ4v) is 6.71. The van der Waals surface area contributed by atoms with Gasteiger partial charge in [0.15, 0.2) is 0 Å². The summed E-state index contributed by atoms with van der Waals surface area (Å²) in [5.41, 5.74) is 2.81. The van der Waals surface area contributed by atoms with E-state index in [1.165, 1.54) is 12.5 Å². The molecule has 2 aromatic rings. The van der Waals surface area contributed by atoms with E-state index >= 15 is 0 Å². The Morgan fingerprint density at radius 3 is 2.60 bits per heavy atom. The number of hydrogen-bond acceptors (Lipinski definition) is 8. The molecule has 1 aliphatic carbocycles. The number of fused-ring (bicyclic) bond motifs is 1. The number of carbonyl (C=O) groups excluding carboxylic acids is 2. The van der Waals surface area contributed by atoms with Crippen LogP contribution in [0.2, 0.25) is 0 Å². The van der Waals surface area contributed by atoms with E-state index in [1.54, 1.807) is 12.0 Å². The number of anilines is 4. The number of likely N-dealkylation sites (N-methyl/N-ethyl adjacent to an activating group) is 1. The molecule has 2 saturated heterocycles. The molecule has 6 rings (SSSR count). The smallest absolute Gasteiger partial charge is 0.326 e. The third-order valence-corrected chi connectivity index (χ3v) is 9.19. The van der Waals surface area contributed by atoms with Crippen molar-refractivity contribution in [3.05, 3.63) is 42.6 Å². The SMILES string of the molecule is C=CC(=O)N1CCC(N2C(=O)N(C3CCCCC3)Cc3cnc(Nc4ccc(N5CCN(C)CC5)cc4OC)nc32)C1. The fraction of sp³-hybridized carbons (Fsp3) is 0.548. The summed E-state index contributed by atoms with van der Waals surface area (Å²) in [4.78, 5) is 46.4. The van der Waals surface area contributed by atoms with E-state index < -0.39 is 0 Å². The number of rotatable bonds is 7. The highest BCUT2D eigenvalue weighted by Gasteiger charge is 2.42. The molecule has 4 aliphatic rings. The number of nitrogens with one attached hydrogen (secondary N) is 1. The molecule has 11 heteroatoms. The number of urea groups is 1. The number of piperazine rings is 1. The highest BCUT2D eigenvalue weighted by molar-refractivity contribution is 5.95. The first-order valence-electron chi connectivity index (χ1n) is 15.2. The van der Waals surface area contributed by atoms with Crippen LogP contribution < -0.4 is 19.9 Å². The summed E-state index contributed by atoms with van der Waals surface area (Å²) in [6.45, 7) is 9.19. The maximum atomic E-state index is 14.1. The topological polar surface area (TPSA) is 97.4 Å². The van der Waals surface area contributed by atoms with E-state index in [-0.39, 0.29) is 24.0 Å². The summed E-state index contributed by atoms with van der Waals surface area (Å²) in [5.74, 6) is 1.62. The first-order valence-corrected chi connectivity index (χ1v) is 15.2. The fourth-order valence-electron chi connectivity index (χ4n) is 6.71. The normalized spacial score (nSPS) is 21.9. The van der Waals surface area contributed by atoms with Crippen LogP contribution in [-0.2, 0) is 11.3 Å². The van der Waals surface area contributed by atoms with Crippen LogP contribution in [0.25, 0.3) is 0 Å². The van der Waals surface area contributed by atoms with E-state index in [2.05, 4.69) is 39.8 Å². The maximum Gasteiger partial charge on any atom is 0.326 e. The summed E-state index contributed by atoms with van der Waals surface area (Å²) in [6.07, 6.45) is 9.41. The molecule has 224 valence electrons. The minimum Gasteiger partial charge on any atom is -0.494 e. The Morgan fingerprint density at radius 2 is 1.86 bits per heavy atom. The second kappa shape index (κ2) is 12.2. The van der Waals surface area contributed by atoms with Gasteiger partial charge in [0.25, 0.3) is 0 Å². The molecule has 0 bridgehead atoms. The van der Waals surface area contributed by atoms with Crippen LogP contribution in [0.5, 0.6) is 5.75 Å². The molecule has 3 aliphatic heterocycles. The first-order chi connectivity index (χ1) is 20.4. The van der Waals surface area contributed by atoms with E-state index in [0.717, 1.165) is 68.8 Å². The largest absolute Gasteiger partial charge is 0.494 e. The molecule has 42 heavy (non-hydrogen) atoms. The molecule has 3 amide bonds. The summed E-state index contributed by atoms with van der Waals surface area (Å²) >= 11 is 0. The molecule has 0 spiro atoms.